The Hall–Kier alpha value is -3.30. The third-order valence-electron chi connectivity index (χ3n) is 4.88. The van der Waals surface area contributed by atoms with Gasteiger partial charge in [-0.05, 0) is 53.0 Å². The van der Waals surface area contributed by atoms with Gasteiger partial charge >= 0.3 is 24.4 Å². The van der Waals surface area contributed by atoms with Crippen LogP contribution >= 0.6 is 0 Å². The Bertz CT molecular complexity index is 994. The number of halogens is 6. The molecule has 0 fully saturated rings. The van der Waals surface area contributed by atoms with Crippen molar-refractivity contribution in [1.29, 1.82) is 0 Å². The summed E-state index contributed by atoms with van der Waals surface area (Å²) in [7, 11) is 0. The fraction of sp³-hybridized carbons (Fsp3) is 0.636. The number of hydrazine groups is 1. The minimum Gasteiger partial charge on any atom is -0.481 e. The van der Waals surface area contributed by atoms with Crippen LogP contribution in [0.2, 0.25) is 0 Å². The number of aromatic nitrogens is 1. The number of anilines is 1. The van der Waals surface area contributed by atoms with E-state index in [1.807, 2.05) is 5.32 Å². The van der Waals surface area contributed by atoms with E-state index >= 15 is 0 Å². The largest absolute Gasteiger partial charge is 0.481 e. The maximum atomic E-state index is 13.8. The van der Waals surface area contributed by atoms with Gasteiger partial charge in [0.05, 0.1) is 11.8 Å². The first-order valence-electron chi connectivity index (χ1n) is 11.4. The summed E-state index contributed by atoms with van der Waals surface area (Å²) in [5.41, 5.74) is -2.05. The number of ether oxygens (including phenoxy) is 2. The number of nitrogens with one attached hydrogen (secondary N) is 2. The average Bonchev–Trinajstić information content (AvgIpc) is 2.72. The number of alkyl halides is 6. The summed E-state index contributed by atoms with van der Waals surface area (Å²) in [6, 6.07) is 0.437. The molecule has 2 amide bonds. The van der Waals surface area contributed by atoms with E-state index in [1.54, 1.807) is 5.43 Å². The zero-order valence-electron chi connectivity index (χ0n) is 21.0. The molecule has 16 heteroatoms. The maximum Gasteiger partial charge on any atom is 0.421 e. The smallest absolute Gasteiger partial charge is 0.421 e. The van der Waals surface area contributed by atoms with Gasteiger partial charge in [-0.1, -0.05) is 12.8 Å². The van der Waals surface area contributed by atoms with Crippen LogP contribution in [0.25, 0.3) is 0 Å². The van der Waals surface area contributed by atoms with E-state index in [0.29, 0.717) is 6.07 Å². The van der Waals surface area contributed by atoms with Gasteiger partial charge in [-0.15, -0.1) is 0 Å². The van der Waals surface area contributed by atoms with E-state index in [2.05, 4.69) is 4.98 Å². The van der Waals surface area contributed by atoms with Gasteiger partial charge in [0, 0.05) is 0 Å². The fourth-order valence-electron chi connectivity index (χ4n) is 3.17. The second-order valence-electron chi connectivity index (χ2n) is 9.33. The monoisotopic (exact) mass is 560 g/mol. The van der Waals surface area contributed by atoms with Crippen LogP contribution < -0.4 is 21.3 Å². The minimum absolute atomic E-state index is 0.0822. The lowest BCUT2D eigenvalue weighted by Gasteiger charge is -2.22. The minimum atomic E-state index is -5.02. The lowest BCUT2D eigenvalue weighted by molar-refractivity contribution is -0.194. The fourth-order valence-corrected chi connectivity index (χ4v) is 3.17. The Morgan fingerprint density at radius 3 is 2.11 bits per heavy atom. The molecule has 216 valence electrons. The molecule has 5 N–H and O–H groups in total. The van der Waals surface area contributed by atoms with Crippen molar-refractivity contribution < 1.29 is 55.3 Å². The highest BCUT2D eigenvalue weighted by atomic mass is 19.4. The molecule has 2 atom stereocenters. The summed E-state index contributed by atoms with van der Waals surface area (Å²) in [4.78, 5) is 38.6. The zero-order valence-corrected chi connectivity index (χ0v) is 21.0. The van der Waals surface area contributed by atoms with Crippen LogP contribution in [0.5, 0.6) is 5.88 Å². The van der Waals surface area contributed by atoms with Crippen molar-refractivity contribution in [3.8, 4) is 5.88 Å². The molecule has 38 heavy (non-hydrogen) atoms. The van der Waals surface area contributed by atoms with Gasteiger partial charge in [0.25, 0.3) is 5.91 Å². The predicted octanol–water partition coefficient (Wildman–Crippen LogP) is 5.03. The second kappa shape index (κ2) is 13.0. The normalized spacial score (nSPS) is 13.9. The number of rotatable bonds is 11. The second-order valence-corrected chi connectivity index (χ2v) is 9.33. The molecule has 0 bridgehead atoms. The van der Waals surface area contributed by atoms with E-state index in [9.17, 15) is 40.7 Å². The molecule has 1 heterocycles. The number of hydrogen-bond acceptors (Lipinski definition) is 7. The number of nitrogens with zero attached hydrogens (tertiary/aromatic N) is 1. The molecule has 1 aromatic heterocycles. The molecule has 0 aliphatic rings. The number of nitrogens with two attached hydrogens (primary N) is 1. The van der Waals surface area contributed by atoms with Crippen LogP contribution in [0, 0.1) is 5.92 Å². The molecular weight excluding hydrogens is 530 g/mol. The maximum absolute atomic E-state index is 13.8. The zero-order chi connectivity index (χ0) is 29.5. The molecule has 0 aliphatic heterocycles. The molecule has 10 nitrogen and oxygen atoms in total. The van der Waals surface area contributed by atoms with Crippen LogP contribution in [0.4, 0.5) is 36.8 Å². The van der Waals surface area contributed by atoms with Gasteiger partial charge in [-0.3, -0.25) is 20.3 Å². The van der Waals surface area contributed by atoms with Crippen LogP contribution in [0.3, 0.4) is 0 Å². The SMILES string of the molecule is CC(CCCCCC(C(=O)O)C(F)(F)F)Oc1nc(C(=O)NN)c(NC(=O)OC(C)(C)C)cc1C(F)(F)F. The molecule has 0 saturated heterocycles. The molecule has 0 spiro atoms. The van der Waals surface area contributed by atoms with Crippen LogP contribution in [-0.2, 0) is 15.7 Å². The van der Waals surface area contributed by atoms with Crippen molar-refractivity contribution in [2.45, 2.75) is 83.9 Å². The predicted molar refractivity (Wildman–Crippen MR) is 121 cm³/mol. The summed E-state index contributed by atoms with van der Waals surface area (Å²) in [6.07, 6.45) is -12.3. The topological polar surface area (TPSA) is 153 Å². The molecule has 0 radical (unpaired) electrons. The summed E-state index contributed by atoms with van der Waals surface area (Å²) in [5.74, 6) is -1.53. The standard InChI is InChI=1S/C22H30F6N4O6/c1-11(8-6-5-7-9-12(18(34)35)21(23,24)25)37-17-13(22(26,27)28)10-14(15(31-17)16(33)32-29)30-19(36)38-20(2,3)4/h10-12H,5-9,29H2,1-4H3,(H,30,36)(H,32,33)(H,34,35). The van der Waals surface area contributed by atoms with Crippen LogP contribution in [0.1, 0.15) is 75.9 Å². The van der Waals surface area contributed by atoms with Crippen molar-refractivity contribution in [2.75, 3.05) is 5.32 Å². The van der Waals surface area contributed by atoms with Gasteiger partial charge in [-0.2, -0.15) is 26.3 Å². The Kier molecular flexibility index (Phi) is 11.2. The van der Waals surface area contributed by atoms with Gasteiger partial charge in [0.15, 0.2) is 11.6 Å². The first-order valence-corrected chi connectivity index (χ1v) is 11.4. The first-order chi connectivity index (χ1) is 17.3. The van der Waals surface area contributed by atoms with E-state index in [0.717, 1.165) is 0 Å². The number of pyridine rings is 1. The Morgan fingerprint density at radius 1 is 1.05 bits per heavy atom. The highest BCUT2D eigenvalue weighted by Gasteiger charge is 2.44. The van der Waals surface area contributed by atoms with E-state index in [4.69, 9.17) is 20.4 Å². The summed E-state index contributed by atoms with van der Waals surface area (Å²) in [5, 5.41) is 10.7. The number of hydrogen-bond donors (Lipinski definition) is 4. The van der Waals surface area contributed by atoms with Crippen molar-refractivity contribution in [3.63, 3.8) is 0 Å². The number of carboxylic acids is 1. The average molecular weight is 560 g/mol. The van der Waals surface area contributed by atoms with Crippen LogP contribution in [-0.4, -0.2) is 45.9 Å². The molecule has 0 aromatic carbocycles. The highest BCUT2D eigenvalue weighted by Crippen LogP contribution is 2.38. The molecule has 0 saturated carbocycles. The van der Waals surface area contributed by atoms with Crippen molar-refractivity contribution in [1.82, 2.24) is 10.4 Å². The third-order valence-corrected chi connectivity index (χ3v) is 4.88. The molecule has 2 unspecified atom stereocenters. The summed E-state index contributed by atoms with van der Waals surface area (Å²) < 4.78 is 89.7. The Morgan fingerprint density at radius 2 is 1.63 bits per heavy atom. The molecule has 1 rings (SSSR count). The van der Waals surface area contributed by atoms with Crippen molar-refractivity contribution >= 4 is 23.7 Å². The Balaban J connectivity index is 3.04. The number of carbonyl (C=O) groups is 3. The van der Waals surface area contributed by atoms with Crippen molar-refractivity contribution in [3.05, 3.63) is 17.3 Å². The molecule has 1 aromatic rings. The number of aliphatic carboxylic acids is 1. The number of carbonyl (C=O) groups excluding carboxylic acids is 2. The Labute approximate surface area is 214 Å². The van der Waals surface area contributed by atoms with Crippen molar-refractivity contribution in [2.24, 2.45) is 11.8 Å². The van der Waals surface area contributed by atoms with Gasteiger partial charge in [0.2, 0.25) is 5.88 Å². The van der Waals surface area contributed by atoms with E-state index in [-0.39, 0.29) is 25.7 Å². The lowest BCUT2D eigenvalue weighted by atomic mass is 10.00. The quantitative estimate of drug-likeness (QED) is 0.0967. The lowest BCUT2D eigenvalue weighted by Crippen LogP contribution is -2.33. The van der Waals surface area contributed by atoms with E-state index in [1.165, 1.54) is 27.7 Å². The summed E-state index contributed by atoms with van der Waals surface area (Å²) >= 11 is 0. The molecule has 0 aliphatic carbocycles. The number of amides is 2. The number of unbranched alkanes of at least 4 members (excludes halogenated alkanes) is 2. The van der Waals surface area contributed by atoms with Crippen LogP contribution in [0.15, 0.2) is 6.07 Å². The number of carboxylic acid groups (broad SMARTS) is 1. The molecular formula is C22H30F6N4O6. The van der Waals surface area contributed by atoms with E-state index < -0.39 is 77.2 Å². The summed E-state index contributed by atoms with van der Waals surface area (Å²) in [6.45, 7) is 5.92. The first kappa shape index (κ1) is 32.7. The highest BCUT2D eigenvalue weighted by molar-refractivity contribution is 6.01. The number of nitrogen functional groups attached to an aromatic ring is 1. The third kappa shape index (κ3) is 10.6. The van der Waals surface area contributed by atoms with Gasteiger partial charge in [-0.25, -0.2) is 15.6 Å². The van der Waals surface area contributed by atoms with Gasteiger partial charge < -0.3 is 14.6 Å². The van der Waals surface area contributed by atoms with Gasteiger partial charge in [0.1, 0.15) is 11.2 Å².